The lowest BCUT2D eigenvalue weighted by Crippen LogP contribution is -2.17. The van der Waals surface area contributed by atoms with Gasteiger partial charge in [0.25, 0.3) is 11.1 Å². The van der Waals surface area contributed by atoms with E-state index in [4.69, 9.17) is 9.15 Å². The molecule has 3 rings (SSSR count). The molecule has 0 aliphatic rings. The van der Waals surface area contributed by atoms with Crippen molar-refractivity contribution in [3.63, 3.8) is 0 Å². The van der Waals surface area contributed by atoms with Crippen molar-refractivity contribution in [1.29, 1.82) is 0 Å². The molecule has 0 aliphatic carbocycles. The molecule has 2 aromatic carbocycles. The maximum Gasteiger partial charge on any atom is 0.573 e. The van der Waals surface area contributed by atoms with Crippen LogP contribution in [0.3, 0.4) is 0 Å². The first-order valence-corrected chi connectivity index (χ1v) is 8.73. The second-order valence-electron chi connectivity index (χ2n) is 5.45. The number of para-hydroxylation sites is 1. The minimum atomic E-state index is -4.71. The van der Waals surface area contributed by atoms with Crippen LogP contribution >= 0.6 is 11.8 Å². The third-order valence-corrected chi connectivity index (χ3v) is 4.60. The minimum Gasteiger partial charge on any atom is -0.496 e. The van der Waals surface area contributed by atoms with Gasteiger partial charge in [0.1, 0.15) is 11.5 Å². The van der Waals surface area contributed by atoms with Gasteiger partial charge in [-0.05, 0) is 36.8 Å². The molecule has 1 atom stereocenters. The number of nitrogens with zero attached hydrogens (tertiary/aromatic N) is 2. The molecule has 5 nitrogen and oxygen atoms in total. The van der Waals surface area contributed by atoms with Crippen molar-refractivity contribution in [2.24, 2.45) is 0 Å². The van der Waals surface area contributed by atoms with Gasteiger partial charge >= 0.3 is 6.36 Å². The van der Waals surface area contributed by atoms with E-state index >= 15 is 0 Å². The summed E-state index contributed by atoms with van der Waals surface area (Å²) in [5.41, 5.74) is 1.48. The van der Waals surface area contributed by atoms with E-state index in [1.54, 1.807) is 25.3 Å². The highest BCUT2D eigenvalue weighted by Crippen LogP contribution is 2.37. The van der Waals surface area contributed by atoms with Gasteiger partial charge in [0, 0.05) is 5.25 Å². The van der Waals surface area contributed by atoms with Gasteiger partial charge in [-0.25, -0.2) is 0 Å². The largest absolute Gasteiger partial charge is 0.573 e. The summed E-state index contributed by atoms with van der Waals surface area (Å²) in [6.45, 7) is 1.89. The van der Waals surface area contributed by atoms with Crippen LogP contribution in [0.4, 0.5) is 13.2 Å². The third kappa shape index (κ3) is 4.94. The molecule has 0 N–H and O–H groups in total. The fourth-order valence-corrected chi connectivity index (χ4v) is 3.16. The number of hydrogen-bond donors (Lipinski definition) is 0. The molecule has 0 saturated carbocycles. The van der Waals surface area contributed by atoms with Crippen molar-refractivity contribution >= 4 is 11.8 Å². The van der Waals surface area contributed by atoms with Gasteiger partial charge in [-0.15, -0.1) is 23.4 Å². The maximum atomic E-state index is 12.2. The number of thioether (sulfide) groups is 1. The number of rotatable bonds is 6. The van der Waals surface area contributed by atoms with Crippen LogP contribution in [0.15, 0.2) is 58.2 Å². The molecule has 0 radical (unpaired) electrons. The highest BCUT2D eigenvalue weighted by Gasteiger charge is 2.31. The molecule has 142 valence electrons. The molecule has 1 aromatic heterocycles. The van der Waals surface area contributed by atoms with Gasteiger partial charge in [-0.2, -0.15) is 0 Å². The van der Waals surface area contributed by atoms with Crippen molar-refractivity contribution < 1.29 is 27.1 Å². The Labute approximate surface area is 157 Å². The summed E-state index contributed by atoms with van der Waals surface area (Å²) in [4.78, 5) is 0. The summed E-state index contributed by atoms with van der Waals surface area (Å²) in [6, 6.07) is 12.9. The van der Waals surface area contributed by atoms with Crippen molar-refractivity contribution in [2.45, 2.75) is 23.8 Å². The van der Waals surface area contributed by atoms with E-state index in [-0.39, 0.29) is 11.0 Å². The Hall–Kier alpha value is -2.68. The Kier molecular flexibility index (Phi) is 5.59. The van der Waals surface area contributed by atoms with Crippen molar-refractivity contribution in [2.75, 3.05) is 7.11 Å². The average Bonchev–Trinajstić information content (AvgIpc) is 3.09. The molecule has 0 bridgehead atoms. The van der Waals surface area contributed by atoms with E-state index in [9.17, 15) is 13.2 Å². The standard InChI is InChI=1S/C18H15F3N2O3S/c1-11(12-7-9-13(10-8-12)26-18(19,20)21)27-17-23-22-16(25-17)14-5-3-4-6-15(14)24-2/h3-11H,1-2H3. The fraction of sp³-hybridized carbons (Fsp3) is 0.222. The first-order valence-electron chi connectivity index (χ1n) is 7.85. The lowest BCUT2D eigenvalue weighted by molar-refractivity contribution is -0.274. The topological polar surface area (TPSA) is 57.4 Å². The molecule has 9 heteroatoms. The highest BCUT2D eigenvalue weighted by molar-refractivity contribution is 7.99. The molecule has 0 saturated heterocycles. The van der Waals surface area contributed by atoms with E-state index in [1.165, 1.54) is 23.9 Å². The number of alkyl halides is 3. The minimum absolute atomic E-state index is 0.115. The molecule has 27 heavy (non-hydrogen) atoms. The third-order valence-electron chi connectivity index (χ3n) is 3.60. The second-order valence-corrected chi connectivity index (χ2v) is 6.74. The highest BCUT2D eigenvalue weighted by atomic mass is 32.2. The average molecular weight is 396 g/mol. The van der Waals surface area contributed by atoms with E-state index in [0.29, 0.717) is 22.4 Å². The maximum absolute atomic E-state index is 12.2. The predicted octanol–water partition coefficient (Wildman–Crippen LogP) is 5.50. The number of hydrogen-bond acceptors (Lipinski definition) is 6. The molecule has 3 aromatic rings. The van der Waals surface area contributed by atoms with Crippen LogP contribution in [0, 0.1) is 0 Å². The van der Waals surface area contributed by atoms with Gasteiger partial charge in [0.15, 0.2) is 0 Å². The molecule has 0 spiro atoms. The van der Waals surface area contributed by atoms with Crippen LogP contribution in [-0.2, 0) is 0 Å². The van der Waals surface area contributed by atoms with E-state index in [0.717, 1.165) is 5.56 Å². The van der Waals surface area contributed by atoms with Crippen LogP contribution < -0.4 is 9.47 Å². The number of halogens is 3. The first kappa shape index (κ1) is 19.1. The zero-order chi connectivity index (χ0) is 19.4. The van der Waals surface area contributed by atoms with Gasteiger partial charge < -0.3 is 13.9 Å². The van der Waals surface area contributed by atoms with Gasteiger partial charge in [-0.3, -0.25) is 0 Å². The van der Waals surface area contributed by atoms with Crippen molar-refractivity contribution in [1.82, 2.24) is 10.2 Å². The van der Waals surface area contributed by atoms with Crippen molar-refractivity contribution in [3.8, 4) is 23.0 Å². The molecule has 0 fully saturated rings. The zero-order valence-electron chi connectivity index (χ0n) is 14.4. The zero-order valence-corrected chi connectivity index (χ0v) is 15.2. The number of benzene rings is 2. The van der Waals surface area contributed by atoms with E-state index in [2.05, 4.69) is 14.9 Å². The summed E-state index contributed by atoms with van der Waals surface area (Å²) < 4.78 is 51.5. The summed E-state index contributed by atoms with van der Waals surface area (Å²) >= 11 is 1.30. The van der Waals surface area contributed by atoms with Crippen LogP contribution in [0.2, 0.25) is 0 Å². The monoisotopic (exact) mass is 396 g/mol. The molecule has 1 heterocycles. The van der Waals surface area contributed by atoms with Crippen LogP contribution in [0.25, 0.3) is 11.5 Å². The molecular formula is C18H15F3N2O3S. The molecule has 0 amide bonds. The summed E-state index contributed by atoms with van der Waals surface area (Å²) in [5.74, 6) is 0.682. The quantitative estimate of drug-likeness (QED) is 0.513. The van der Waals surface area contributed by atoms with Crippen LogP contribution in [0.1, 0.15) is 17.7 Å². The lowest BCUT2D eigenvalue weighted by atomic mass is 10.2. The Morgan fingerprint density at radius 1 is 1.04 bits per heavy atom. The number of ether oxygens (including phenoxy) is 2. The first-order chi connectivity index (χ1) is 12.9. The Balaban J connectivity index is 1.70. The summed E-state index contributed by atoms with van der Waals surface area (Å²) in [6.07, 6.45) is -4.71. The molecule has 0 aliphatic heterocycles. The predicted molar refractivity (Wildman–Crippen MR) is 93.7 cm³/mol. The van der Waals surface area contributed by atoms with E-state index < -0.39 is 6.36 Å². The normalized spacial score (nSPS) is 12.6. The Morgan fingerprint density at radius 2 is 1.74 bits per heavy atom. The summed E-state index contributed by atoms with van der Waals surface area (Å²) in [7, 11) is 1.55. The van der Waals surface area contributed by atoms with Crippen LogP contribution in [-0.4, -0.2) is 23.7 Å². The van der Waals surface area contributed by atoms with E-state index in [1.807, 2.05) is 25.1 Å². The second kappa shape index (κ2) is 7.91. The molecular weight excluding hydrogens is 381 g/mol. The number of methoxy groups -OCH3 is 1. The summed E-state index contributed by atoms with van der Waals surface area (Å²) in [5, 5.41) is 8.28. The smallest absolute Gasteiger partial charge is 0.496 e. The van der Waals surface area contributed by atoms with Crippen LogP contribution in [0.5, 0.6) is 11.5 Å². The molecule has 1 unspecified atom stereocenters. The van der Waals surface area contributed by atoms with Crippen molar-refractivity contribution in [3.05, 3.63) is 54.1 Å². The Bertz CT molecular complexity index is 897. The fourth-order valence-electron chi connectivity index (χ4n) is 2.35. The lowest BCUT2D eigenvalue weighted by Gasteiger charge is -2.11. The SMILES string of the molecule is COc1ccccc1-c1nnc(SC(C)c2ccc(OC(F)(F)F)cc2)o1. The van der Waals surface area contributed by atoms with Gasteiger partial charge in [-0.1, -0.05) is 36.0 Å². The Morgan fingerprint density at radius 3 is 2.41 bits per heavy atom. The van der Waals surface area contributed by atoms with Gasteiger partial charge in [0.2, 0.25) is 0 Å². The van der Waals surface area contributed by atoms with Gasteiger partial charge in [0.05, 0.1) is 12.7 Å². The number of aromatic nitrogens is 2.